The highest BCUT2D eigenvalue weighted by molar-refractivity contribution is 5.79. The number of benzene rings is 1. The smallest absolute Gasteiger partial charge is 0.255 e. The van der Waals surface area contributed by atoms with Crippen molar-refractivity contribution in [3.8, 4) is 11.5 Å². The van der Waals surface area contributed by atoms with Gasteiger partial charge in [0.15, 0.2) is 11.5 Å². The van der Waals surface area contributed by atoms with Gasteiger partial charge in [0.1, 0.15) is 5.82 Å². The number of nitrogens with zero attached hydrogens (tertiary/aromatic N) is 3. The molecule has 0 radical (unpaired) electrons. The average Bonchev–Trinajstić information content (AvgIpc) is 2.79. The molecule has 0 bridgehead atoms. The molecule has 0 aliphatic carbocycles. The van der Waals surface area contributed by atoms with Crippen LogP contribution in [0.4, 0.5) is 0 Å². The summed E-state index contributed by atoms with van der Waals surface area (Å²) < 4.78 is 10.6. The molecule has 0 spiro atoms. The molecule has 1 atom stereocenters. The van der Waals surface area contributed by atoms with Crippen LogP contribution in [0.2, 0.25) is 0 Å². The summed E-state index contributed by atoms with van der Waals surface area (Å²) in [6.07, 6.45) is 2.90. The Kier molecular flexibility index (Phi) is 6.27. The number of nitrogens with one attached hydrogen (secondary N) is 1. The second kappa shape index (κ2) is 9.09. The Morgan fingerprint density at radius 1 is 1.23 bits per heavy atom. The van der Waals surface area contributed by atoms with Crippen LogP contribution >= 0.6 is 0 Å². The maximum Gasteiger partial charge on any atom is 0.255 e. The monoisotopic (exact) mass is 426 g/mol. The number of ether oxygens (including phenoxy) is 2. The first-order valence-electron chi connectivity index (χ1n) is 10.8. The molecular weight excluding hydrogens is 396 g/mol. The zero-order valence-corrected chi connectivity index (χ0v) is 18.4. The second-order valence-electron chi connectivity index (χ2n) is 8.41. The van der Waals surface area contributed by atoms with Crippen molar-refractivity contribution in [3.05, 3.63) is 51.2 Å². The number of methoxy groups -OCH3 is 2. The van der Waals surface area contributed by atoms with Crippen LogP contribution < -0.4 is 15.0 Å². The standard InChI is InChI=1S/C23H30N4O4/c1-26-10-8-18-17(14-26)23(29)25-22(24-18)16-5-4-9-27(13-16)21(28)12-15-6-7-19(30-2)20(11-15)31-3/h6-7,11,16H,4-5,8-10,12-14H2,1-3H3,(H,24,25,29). The van der Waals surface area contributed by atoms with E-state index >= 15 is 0 Å². The summed E-state index contributed by atoms with van der Waals surface area (Å²) in [6, 6.07) is 5.55. The molecule has 1 unspecified atom stereocenters. The molecule has 2 aliphatic rings. The molecule has 2 aromatic rings. The molecule has 8 heteroatoms. The summed E-state index contributed by atoms with van der Waals surface area (Å²) in [5.74, 6) is 2.10. The number of hydrogen-bond donors (Lipinski definition) is 1. The van der Waals surface area contributed by atoms with E-state index in [2.05, 4.69) is 9.88 Å². The van der Waals surface area contributed by atoms with Gasteiger partial charge in [-0.25, -0.2) is 4.98 Å². The van der Waals surface area contributed by atoms with Crippen LogP contribution in [0.5, 0.6) is 11.5 Å². The Hall–Kier alpha value is -2.87. The van der Waals surface area contributed by atoms with Gasteiger partial charge in [0, 0.05) is 38.5 Å². The van der Waals surface area contributed by atoms with Gasteiger partial charge in [0.25, 0.3) is 5.56 Å². The number of fused-ring (bicyclic) bond motifs is 1. The van der Waals surface area contributed by atoms with Crippen LogP contribution in [0.25, 0.3) is 0 Å². The van der Waals surface area contributed by atoms with E-state index in [0.717, 1.165) is 55.0 Å². The molecule has 1 N–H and O–H groups in total. The van der Waals surface area contributed by atoms with E-state index < -0.39 is 0 Å². The summed E-state index contributed by atoms with van der Waals surface area (Å²) >= 11 is 0. The molecule has 4 rings (SSSR count). The minimum atomic E-state index is -0.0414. The molecule has 1 amide bonds. The highest BCUT2D eigenvalue weighted by Gasteiger charge is 2.28. The minimum absolute atomic E-state index is 0.0414. The second-order valence-corrected chi connectivity index (χ2v) is 8.41. The Bertz CT molecular complexity index is 1020. The van der Waals surface area contributed by atoms with Gasteiger partial charge in [-0.1, -0.05) is 6.07 Å². The number of hydrogen-bond acceptors (Lipinski definition) is 6. The fourth-order valence-electron chi connectivity index (χ4n) is 4.48. The number of carbonyl (C=O) groups is 1. The first kappa shape index (κ1) is 21.4. The van der Waals surface area contributed by atoms with E-state index in [-0.39, 0.29) is 17.4 Å². The molecule has 166 valence electrons. The van der Waals surface area contributed by atoms with E-state index in [1.807, 2.05) is 30.1 Å². The molecule has 1 aromatic carbocycles. The van der Waals surface area contributed by atoms with E-state index in [4.69, 9.17) is 14.5 Å². The van der Waals surface area contributed by atoms with E-state index in [9.17, 15) is 9.59 Å². The number of amides is 1. The summed E-state index contributed by atoms with van der Waals surface area (Å²) in [7, 11) is 5.19. The lowest BCUT2D eigenvalue weighted by atomic mass is 9.95. The van der Waals surface area contributed by atoms with Crippen LogP contribution in [0.15, 0.2) is 23.0 Å². The molecule has 8 nitrogen and oxygen atoms in total. The van der Waals surface area contributed by atoms with Crippen LogP contribution in [-0.2, 0) is 24.2 Å². The largest absolute Gasteiger partial charge is 0.493 e. The minimum Gasteiger partial charge on any atom is -0.493 e. The van der Waals surface area contributed by atoms with Crippen molar-refractivity contribution in [2.45, 2.75) is 38.1 Å². The number of aromatic amines is 1. The lowest BCUT2D eigenvalue weighted by Gasteiger charge is -2.33. The van der Waals surface area contributed by atoms with Crippen LogP contribution in [-0.4, -0.2) is 66.6 Å². The zero-order valence-electron chi connectivity index (χ0n) is 18.4. The highest BCUT2D eigenvalue weighted by Crippen LogP contribution is 2.29. The van der Waals surface area contributed by atoms with Gasteiger partial charge < -0.3 is 24.3 Å². The number of carbonyl (C=O) groups excluding carboxylic acids is 1. The van der Waals surface area contributed by atoms with Crippen LogP contribution in [0.3, 0.4) is 0 Å². The molecule has 2 aliphatic heterocycles. The predicted octanol–water partition coefficient (Wildman–Crippen LogP) is 1.72. The Morgan fingerprint density at radius 3 is 2.81 bits per heavy atom. The number of likely N-dealkylation sites (tertiary alicyclic amines) is 1. The predicted molar refractivity (Wildman–Crippen MR) is 117 cm³/mol. The molecular formula is C23H30N4O4. The maximum atomic E-state index is 13.0. The van der Waals surface area contributed by atoms with Crippen molar-refractivity contribution in [2.24, 2.45) is 0 Å². The van der Waals surface area contributed by atoms with Crippen molar-refractivity contribution < 1.29 is 14.3 Å². The molecule has 1 saturated heterocycles. The number of H-pyrrole nitrogens is 1. The van der Waals surface area contributed by atoms with Crippen molar-refractivity contribution in [3.63, 3.8) is 0 Å². The van der Waals surface area contributed by atoms with Crippen molar-refractivity contribution in [1.82, 2.24) is 19.8 Å². The summed E-state index contributed by atoms with van der Waals surface area (Å²) in [5.41, 5.74) is 2.52. The molecule has 1 fully saturated rings. The summed E-state index contributed by atoms with van der Waals surface area (Å²) in [4.78, 5) is 37.4. The molecule has 31 heavy (non-hydrogen) atoms. The highest BCUT2D eigenvalue weighted by atomic mass is 16.5. The van der Waals surface area contributed by atoms with Crippen molar-refractivity contribution in [2.75, 3.05) is 40.9 Å². The van der Waals surface area contributed by atoms with E-state index in [1.165, 1.54) is 0 Å². The summed E-state index contributed by atoms with van der Waals surface area (Å²) in [6.45, 7) is 2.85. The first-order valence-corrected chi connectivity index (χ1v) is 10.8. The van der Waals surface area contributed by atoms with Gasteiger partial charge in [-0.05, 0) is 37.6 Å². The molecule has 0 saturated carbocycles. The molecule has 3 heterocycles. The van der Waals surface area contributed by atoms with Gasteiger partial charge in [-0.15, -0.1) is 0 Å². The Morgan fingerprint density at radius 2 is 2.03 bits per heavy atom. The Labute approximate surface area is 182 Å². The summed E-state index contributed by atoms with van der Waals surface area (Å²) in [5, 5.41) is 0. The fraction of sp³-hybridized carbons (Fsp3) is 0.522. The lowest BCUT2D eigenvalue weighted by Crippen LogP contribution is -2.41. The van der Waals surface area contributed by atoms with E-state index in [1.54, 1.807) is 14.2 Å². The lowest BCUT2D eigenvalue weighted by molar-refractivity contribution is -0.131. The van der Waals surface area contributed by atoms with Gasteiger partial charge >= 0.3 is 0 Å². The third-order valence-electron chi connectivity index (χ3n) is 6.24. The fourth-order valence-corrected chi connectivity index (χ4v) is 4.48. The first-order chi connectivity index (χ1) is 15.0. The van der Waals surface area contributed by atoms with E-state index in [0.29, 0.717) is 31.0 Å². The number of aromatic nitrogens is 2. The normalized spacial score (nSPS) is 19.1. The number of rotatable bonds is 5. The third-order valence-corrected chi connectivity index (χ3v) is 6.24. The molecule has 1 aromatic heterocycles. The third kappa shape index (κ3) is 4.58. The number of piperidine rings is 1. The SMILES string of the molecule is COc1ccc(CC(=O)N2CCCC(c3nc4c(c(=O)[nH]3)CN(C)CC4)C2)cc1OC. The maximum absolute atomic E-state index is 13.0. The number of likely N-dealkylation sites (N-methyl/N-ethyl adjacent to an activating group) is 1. The average molecular weight is 427 g/mol. The van der Waals surface area contributed by atoms with Crippen LogP contribution in [0, 0.1) is 0 Å². The topological polar surface area (TPSA) is 87.8 Å². The van der Waals surface area contributed by atoms with Crippen molar-refractivity contribution >= 4 is 5.91 Å². The zero-order chi connectivity index (χ0) is 22.0. The quantitative estimate of drug-likeness (QED) is 0.783. The van der Waals surface area contributed by atoms with Crippen LogP contribution in [0.1, 0.15) is 41.4 Å². The van der Waals surface area contributed by atoms with Gasteiger partial charge in [0.05, 0.1) is 31.9 Å². The Balaban J connectivity index is 1.47. The van der Waals surface area contributed by atoms with Crippen molar-refractivity contribution in [1.29, 1.82) is 0 Å². The van der Waals surface area contributed by atoms with Gasteiger partial charge in [-0.2, -0.15) is 0 Å². The van der Waals surface area contributed by atoms with Gasteiger partial charge in [0.2, 0.25) is 5.91 Å². The van der Waals surface area contributed by atoms with Gasteiger partial charge in [-0.3, -0.25) is 9.59 Å².